The van der Waals surface area contributed by atoms with E-state index in [2.05, 4.69) is 6.08 Å². The molecule has 0 radical (unpaired) electrons. The van der Waals surface area contributed by atoms with Crippen molar-refractivity contribution >= 4 is 5.97 Å². The molecule has 1 aliphatic rings. The summed E-state index contributed by atoms with van der Waals surface area (Å²) in [4.78, 5) is 10.4. The Morgan fingerprint density at radius 3 is 1.92 bits per heavy atom. The van der Waals surface area contributed by atoms with E-state index in [1.165, 1.54) is 83.5 Å². The lowest BCUT2D eigenvalue weighted by molar-refractivity contribution is -0.137. The van der Waals surface area contributed by atoms with Crippen molar-refractivity contribution in [2.75, 3.05) is 0 Å². The van der Waals surface area contributed by atoms with Gasteiger partial charge in [-0.05, 0) is 38.0 Å². The lowest BCUT2D eigenvalue weighted by atomic mass is 9.85. The number of allylic oxidation sites excluding steroid dienone is 1. The average molecular weight is 353 g/mol. The Morgan fingerprint density at radius 1 is 0.840 bits per heavy atom. The van der Waals surface area contributed by atoms with Crippen LogP contribution in [0.2, 0.25) is 0 Å². The van der Waals surface area contributed by atoms with Crippen LogP contribution in [0.4, 0.5) is 0 Å². The number of hydrogen-bond donors (Lipinski definition) is 2. The van der Waals surface area contributed by atoms with Crippen molar-refractivity contribution in [1.29, 1.82) is 0 Å². The lowest BCUT2D eigenvalue weighted by Crippen LogP contribution is -2.20. The van der Waals surface area contributed by atoms with E-state index in [0.29, 0.717) is 12.3 Å². The maximum absolute atomic E-state index is 10.4. The highest BCUT2D eigenvalue weighted by atomic mass is 16.4. The minimum Gasteiger partial charge on any atom is -0.481 e. The fraction of sp³-hybridized carbons (Fsp3) is 0.864. The predicted molar refractivity (Wildman–Crippen MR) is 105 cm³/mol. The van der Waals surface area contributed by atoms with Crippen LogP contribution in [-0.2, 0) is 4.79 Å². The van der Waals surface area contributed by atoms with E-state index >= 15 is 0 Å². The van der Waals surface area contributed by atoms with Crippen LogP contribution >= 0.6 is 0 Å². The Bertz CT molecular complexity index is 345. The molecule has 25 heavy (non-hydrogen) atoms. The van der Waals surface area contributed by atoms with E-state index in [4.69, 9.17) is 5.11 Å². The number of aliphatic hydroxyl groups is 1. The van der Waals surface area contributed by atoms with Crippen molar-refractivity contribution in [3.8, 4) is 0 Å². The molecule has 1 atom stereocenters. The number of carboxylic acids is 1. The SMILES string of the molecule is O=C(O)CCCCCCCCCCCC/C=C\[C@H](O)C1CCCCC1. The van der Waals surface area contributed by atoms with Crippen LogP contribution in [-0.4, -0.2) is 22.3 Å². The second kappa shape index (κ2) is 15.4. The molecule has 0 amide bonds. The molecule has 0 aromatic rings. The van der Waals surface area contributed by atoms with Crippen molar-refractivity contribution < 1.29 is 15.0 Å². The number of rotatable bonds is 15. The summed E-state index contributed by atoms with van der Waals surface area (Å²) in [7, 11) is 0. The summed E-state index contributed by atoms with van der Waals surface area (Å²) in [6.45, 7) is 0. The monoisotopic (exact) mass is 352 g/mol. The Morgan fingerprint density at radius 2 is 1.36 bits per heavy atom. The molecule has 3 nitrogen and oxygen atoms in total. The van der Waals surface area contributed by atoms with Gasteiger partial charge in [-0.1, -0.05) is 82.8 Å². The van der Waals surface area contributed by atoms with Crippen LogP contribution in [0, 0.1) is 5.92 Å². The maximum Gasteiger partial charge on any atom is 0.303 e. The first-order valence-corrected chi connectivity index (χ1v) is 10.8. The molecule has 1 fully saturated rings. The molecule has 1 rings (SSSR count). The topological polar surface area (TPSA) is 57.5 Å². The van der Waals surface area contributed by atoms with Crippen molar-refractivity contribution in [2.24, 2.45) is 5.92 Å². The smallest absolute Gasteiger partial charge is 0.303 e. The summed E-state index contributed by atoms with van der Waals surface area (Å²) in [5.41, 5.74) is 0. The van der Waals surface area contributed by atoms with Crippen molar-refractivity contribution in [1.82, 2.24) is 0 Å². The molecule has 3 heteroatoms. The molecule has 0 aliphatic heterocycles. The normalized spacial score (nSPS) is 17.2. The number of aliphatic hydroxyl groups excluding tert-OH is 1. The number of carbonyl (C=O) groups is 1. The fourth-order valence-corrected chi connectivity index (χ4v) is 3.82. The highest BCUT2D eigenvalue weighted by Gasteiger charge is 2.19. The van der Waals surface area contributed by atoms with Crippen LogP contribution in [0.3, 0.4) is 0 Å². The largest absolute Gasteiger partial charge is 0.481 e. The Labute approximate surface area is 154 Å². The summed E-state index contributed by atoms with van der Waals surface area (Å²) in [6.07, 6.45) is 23.9. The van der Waals surface area contributed by atoms with Crippen LogP contribution in [0.5, 0.6) is 0 Å². The maximum atomic E-state index is 10.4. The van der Waals surface area contributed by atoms with Gasteiger partial charge in [0.15, 0.2) is 0 Å². The Kier molecular flexibility index (Phi) is 13.7. The van der Waals surface area contributed by atoms with Gasteiger partial charge in [0.25, 0.3) is 0 Å². The molecule has 1 aliphatic carbocycles. The van der Waals surface area contributed by atoms with Gasteiger partial charge < -0.3 is 10.2 Å². The van der Waals surface area contributed by atoms with E-state index in [0.717, 1.165) is 19.3 Å². The lowest BCUT2D eigenvalue weighted by Gasteiger charge is -2.24. The minimum atomic E-state index is -0.668. The van der Waals surface area contributed by atoms with Gasteiger partial charge in [0.05, 0.1) is 6.10 Å². The van der Waals surface area contributed by atoms with Crippen molar-refractivity contribution in [3.05, 3.63) is 12.2 Å². The van der Waals surface area contributed by atoms with Gasteiger partial charge in [-0.2, -0.15) is 0 Å². The molecule has 2 N–H and O–H groups in total. The van der Waals surface area contributed by atoms with Gasteiger partial charge in [0.1, 0.15) is 0 Å². The number of aliphatic carboxylic acids is 1. The molecule has 146 valence electrons. The zero-order valence-electron chi connectivity index (χ0n) is 16.1. The second-order valence-electron chi connectivity index (χ2n) is 7.78. The minimum absolute atomic E-state index is 0.212. The first-order chi connectivity index (χ1) is 12.2. The van der Waals surface area contributed by atoms with Gasteiger partial charge >= 0.3 is 5.97 Å². The molecule has 0 aromatic carbocycles. The van der Waals surface area contributed by atoms with Gasteiger partial charge in [-0.15, -0.1) is 0 Å². The third-order valence-corrected chi connectivity index (χ3v) is 5.48. The average Bonchev–Trinajstić information content (AvgIpc) is 2.62. The van der Waals surface area contributed by atoms with Crippen LogP contribution in [0.15, 0.2) is 12.2 Å². The predicted octanol–water partition coefficient (Wildman–Crippen LogP) is 6.25. The van der Waals surface area contributed by atoms with Gasteiger partial charge in [-0.25, -0.2) is 0 Å². The van der Waals surface area contributed by atoms with Crippen LogP contribution in [0.25, 0.3) is 0 Å². The summed E-state index contributed by atoms with van der Waals surface area (Å²) < 4.78 is 0. The number of unbranched alkanes of at least 4 members (excludes halogenated alkanes) is 10. The number of hydrogen-bond acceptors (Lipinski definition) is 2. The summed E-state index contributed by atoms with van der Waals surface area (Å²) in [6, 6.07) is 0. The second-order valence-corrected chi connectivity index (χ2v) is 7.78. The van der Waals surface area contributed by atoms with Crippen molar-refractivity contribution in [3.63, 3.8) is 0 Å². The standard InChI is InChI=1S/C22H40O3/c23-21(20-16-12-11-13-17-20)18-14-9-7-5-3-1-2-4-6-8-10-15-19-22(24)25/h14,18,20-21,23H,1-13,15-17,19H2,(H,24,25)/b18-14-/t21-/m0/s1. The molecule has 1 saturated carbocycles. The third-order valence-electron chi connectivity index (χ3n) is 5.48. The van der Waals surface area contributed by atoms with Gasteiger partial charge in [0.2, 0.25) is 0 Å². The van der Waals surface area contributed by atoms with Crippen LogP contribution in [0.1, 0.15) is 109 Å². The van der Waals surface area contributed by atoms with E-state index in [-0.39, 0.29) is 6.10 Å². The molecule has 0 spiro atoms. The van der Waals surface area contributed by atoms with E-state index in [1.54, 1.807) is 0 Å². The molecule has 0 bridgehead atoms. The Hall–Kier alpha value is -0.830. The zero-order chi connectivity index (χ0) is 18.2. The van der Waals surface area contributed by atoms with E-state index in [1.807, 2.05) is 6.08 Å². The first-order valence-electron chi connectivity index (χ1n) is 10.8. The van der Waals surface area contributed by atoms with E-state index in [9.17, 15) is 9.90 Å². The number of carboxylic acid groups (broad SMARTS) is 1. The molecular formula is C22H40O3. The molecule has 0 aromatic heterocycles. The summed E-state index contributed by atoms with van der Waals surface area (Å²) >= 11 is 0. The first kappa shape index (κ1) is 22.2. The molecule has 0 unspecified atom stereocenters. The van der Waals surface area contributed by atoms with Gasteiger partial charge in [-0.3, -0.25) is 4.79 Å². The fourth-order valence-electron chi connectivity index (χ4n) is 3.82. The zero-order valence-corrected chi connectivity index (χ0v) is 16.1. The molecule has 0 saturated heterocycles. The Balaban J connectivity index is 1.81. The van der Waals surface area contributed by atoms with Gasteiger partial charge in [0, 0.05) is 6.42 Å². The molecular weight excluding hydrogens is 312 g/mol. The highest BCUT2D eigenvalue weighted by molar-refractivity contribution is 5.66. The highest BCUT2D eigenvalue weighted by Crippen LogP contribution is 2.27. The molecule has 0 heterocycles. The van der Waals surface area contributed by atoms with Crippen LogP contribution < -0.4 is 0 Å². The van der Waals surface area contributed by atoms with Crippen molar-refractivity contribution in [2.45, 2.75) is 115 Å². The quantitative estimate of drug-likeness (QED) is 0.270. The van der Waals surface area contributed by atoms with E-state index < -0.39 is 5.97 Å². The summed E-state index contributed by atoms with van der Waals surface area (Å²) in [5.74, 6) is -0.160. The summed E-state index contributed by atoms with van der Waals surface area (Å²) in [5, 5.41) is 18.7. The third kappa shape index (κ3) is 13.1.